The smallest absolute Gasteiger partial charge is 0.122 e. The Bertz CT molecular complexity index is 447. The fourth-order valence-corrected chi connectivity index (χ4v) is 3.48. The predicted molar refractivity (Wildman–Crippen MR) is 82.2 cm³/mol. The zero-order valence-electron chi connectivity index (χ0n) is 12.5. The molecule has 1 aromatic rings. The van der Waals surface area contributed by atoms with Crippen LogP contribution in [-0.4, -0.2) is 37.7 Å². The monoisotopic (exact) mass is 274 g/mol. The molecule has 20 heavy (non-hydrogen) atoms. The van der Waals surface area contributed by atoms with Gasteiger partial charge in [-0.05, 0) is 56.6 Å². The molecule has 1 N–H and O–H groups in total. The molecule has 1 atom stereocenters. The normalized spacial score (nSPS) is 22.6. The third-order valence-corrected chi connectivity index (χ3v) is 4.62. The number of rotatable bonds is 5. The highest BCUT2D eigenvalue weighted by Gasteiger charge is 2.22. The minimum absolute atomic E-state index is 0.751. The molecule has 3 nitrogen and oxygen atoms in total. The molecule has 2 heterocycles. The lowest BCUT2D eigenvalue weighted by molar-refractivity contribution is 0.132. The van der Waals surface area contributed by atoms with E-state index in [0.29, 0.717) is 0 Å². The van der Waals surface area contributed by atoms with Gasteiger partial charge in [-0.1, -0.05) is 18.6 Å². The largest absolute Gasteiger partial charge is 0.493 e. The summed E-state index contributed by atoms with van der Waals surface area (Å²) in [6.45, 7) is 4.33. The fourth-order valence-electron chi connectivity index (χ4n) is 3.48. The van der Waals surface area contributed by atoms with E-state index in [1.165, 1.54) is 43.4 Å². The summed E-state index contributed by atoms with van der Waals surface area (Å²) in [4.78, 5) is 2.68. The van der Waals surface area contributed by atoms with Crippen LogP contribution in [0.15, 0.2) is 18.2 Å². The molecule has 1 saturated heterocycles. The van der Waals surface area contributed by atoms with Gasteiger partial charge in [0.25, 0.3) is 0 Å². The maximum atomic E-state index is 5.60. The molecular formula is C17H26N2O. The molecule has 0 saturated carbocycles. The molecule has 0 bridgehead atoms. The number of piperidine rings is 1. The van der Waals surface area contributed by atoms with Crippen LogP contribution in [0.3, 0.4) is 0 Å². The highest BCUT2D eigenvalue weighted by molar-refractivity contribution is 5.39. The molecule has 0 amide bonds. The van der Waals surface area contributed by atoms with Crippen LogP contribution in [0.25, 0.3) is 0 Å². The number of nitrogens with one attached hydrogen (secondary N) is 1. The Balaban J connectivity index is 1.65. The maximum Gasteiger partial charge on any atom is 0.122 e. The highest BCUT2D eigenvalue weighted by Crippen LogP contribution is 2.28. The van der Waals surface area contributed by atoms with Gasteiger partial charge in [-0.15, -0.1) is 0 Å². The lowest BCUT2D eigenvalue weighted by Gasteiger charge is -2.36. The third kappa shape index (κ3) is 3.15. The first-order valence-electron chi connectivity index (χ1n) is 8.00. The van der Waals surface area contributed by atoms with E-state index in [4.69, 9.17) is 4.74 Å². The molecule has 2 aliphatic rings. The molecule has 0 radical (unpaired) electrons. The second-order valence-corrected chi connectivity index (χ2v) is 6.05. The Kier molecular flexibility index (Phi) is 4.58. The number of nitrogens with zero attached hydrogens (tertiary/aromatic N) is 1. The molecule has 0 spiro atoms. The first-order chi connectivity index (χ1) is 9.86. The van der Waals surface area contributed by atoms with E-state index in [2.05, 4.69) is 28.4 Å². The van der Waals surface area contributed by atoms with Gasteiger partial charge < -0.3 is 10.1 Å². The Morgan fingerprint density at radius 1 is 1.35 bits per heavy atom. The molecular weight excluding hydrogens is 248 g/mol. The van der Waals surface area contributed by atoms with Crippen molar-refractivity contribution >= 4 is 0 Å². The second-order valence-electron chi connectivity index (χ2n) is 6.05. The first kappa shape index (κ1) is 13.9. The molecule has 1 aromatic carbocycles. The van der Waals surface area contributed by atoms with Crippen molar-refractivity contribution in [3.05, 3.63) is 29.3 Å². The maximum absolute atomic E-state index is 5.60. The zero-order chi connectivity index (χ0) is 13.8. The summed E-state index contributed by atoms with van der Waals surface area (Å²) >= 11 is 0. The minimum atomic E-state index is 0.751. The van der Waals surface area contributed by atoms with Crippen molar-refractivity contribution in [2.24, 2.45) is 0 Å². The quantitative estimate of drug-likeness (QED) is 0.893. The fraction of sp³-hybridized carbons (Fsp3) is 0.647. The van der Waals surface area contributed by atoms with Crippen LogP contribution in [0.2, 0.25) is 0 Å². The lowest BCUT2D eigenvalue weighted by atomic mass is 9.98. The predicted octanol–water partition coefficient (Wildman–Crippen LogP) is 2.59. The number of benzene rings is 1. The first-order valence-corrected chi connectivity index (χ1v) is 8.00. The van der Waals surface area contributed by atoms with Crippen molar-refractivity contribution in [3.8, 4) is 5.75 Å². The number of hydrogen-bond donors (Lipinski definition) is 1. The summed E-state index contributed by atoms with van der Waals surface area (Å²) in [5.74, 6) is 1.10. The van der Waals surface area contributed by atoms with Crippen molar-refractivity contribution < 1.29 is 4.74 Å². The van der Waals surface area contributed by atoms with E-state index in [0.717, 1.165) is 37.9 Å². The van der Waals surface area contributed by atoms with Crippen LogP contribution >= 0.6 is 0 Å². The lowest BCUT2D eigenvalue weighted by Crippen LogP contribution is -2.40. The Morgan fingerprint density at radius 2 is 2.30 bits per heavy atom. The SMILES string of the molecule is CNCCC1CCCCN1Cc1ccc2c(c1)CCO2. The minimum Gasteiger partial charge on any atom is -0.493 e. The average Bonchev–Trinajstić information content (AvgIpc) is 2.94. The van der Waals surface area contributed by atoms with Crippen LogP contribution in [0.4, 0.5) is 0 Å². The molecule has 3 rings (SSSR count). The van der Waals surface area contributed by atoms with Gasteiger partial charge in [0.15, 0.2) is 0 Å². The molecule has 3 heteroatoms. The van der Waals surface area contributed by atoms with Crippen molar-refractivity contribution in [1.82, 2.24) is 10.2 Å². The van der Waals surface area contributed by atoms with Gasteiger partial charge in [0.2, 0.25) is 0 Å². The topological polar surface area (TPSA) is 24.5 Å². The molecule has 1 fully saturated rings. The van der Waals surface area contributed by atoms with Crippen molar-refractivity contribution in [2.75, 3.05) is 26.7 Å². The highest BCUT2D eigenvalue weighted by atomic mass is 16.5. The van der Waals surface area contributed by atoms with E-state index < -0.39 is 0 Å². The van der Waals surface area contributed by atoms with Crippen LogP contribution < -0.4 is 10.1 Å². The molecule has 2 aliphatic heterocycles. The Morgan fingerprint density at radius 3 is 3.20 bits per heavy atom. The summed E-state index contributed by atoms with van der Waals surface area (Å²) in [6, 6.07) is 7.50. The van der Waals surface area contributed by atoms with E-state index in [9.17, 15) is 0 Å². The van der Waals surface area contributed by atoms with E-state index in [1.807, 2.05) is 7.05 Å². The molecule has 1 unspecified atom stereocenters. The number of ether oxygens (including phenoxy) is 1. The van der Waals surface area contributed by atoms with Gasteiger partial charge >= 0.3 is 0 Å². The van der Waals surface area contributed by atoms with Gasteiger partial charge in [-0.2, -0.15) is 0 Å². The number of fused-ring (bicyclic) bond motifs is 1. The summed E-state index contributed by atoms with van der Waals surface area (Å²) in [5, 5.41) is 3.29. The van der Waals surface area contributed by atoms with E-state index in [1.54, 1.807) is 0 Å². The van der Waals surface area contributed by atoms with Crippen LogP contribution in [0.5, 0.6) is 5.75 Å². The number of hydrogen-bond acceptors (Lipinski definition) is 3. The van der Waals surface area contributed by atoms with Crippen LogP contribution in [-0.2, 0) is 13.0 Å². The van der Waals surface area contributed by atoms with Gasteiger partial charge in [0.1, 0.15) is 5.75 Å². The molecule has 110 valence electrons. The average molecular weight is 274 g/mol. The van der Waals surface area contributed by atoms with Crippen LogP contribution in [0.1, 0.15) is 36.8 Å². The zero-order valence-corrected chi connectivity index (χ0v) is 12.5. The molecule has 0 aliphatic carbocycles. The third-order valence-electron chi connectivity index (χ3n) is 4.62. The molecule has 0 aromatic heterocycles. The van der Waals surface area contributed by atoms with Crippen LogP contribution in [0, 0.1) is 0 Å². The number of likely N-dealkylation sites (tertiary alicyclic amines) is 1. The van der Waals surface area contributed by atoms with Crippen molar-refractivity contribution in [2.45, 2.75) is 44.7 Å². The summed E-state index contributed by atoms with van der Waals surface area (Å²) in [6.07, 6.45) is 6.44. The standard InChI is InChI=1S/C17H26N2O/c1-18-9-7-16-4-2-3-10-19(16)13-14-5-6-17-15(12-14)8-11-20-17/h5-6,12,16,18H,2-4,7-11,13H2,1H3. The Labute approximate surface area is 122 Å². The van der Waals surface area contributed by atoms with Crippen molar-refractivity contribution in [3.63, 3.8) is 0 Å². The Hall–Kier alpha value is -1.06. The summed E-state index contributed by atoms with van der Waals surface area (Å²) in [7, 11) is 2.05. The van der Waals surface area contributed by atoms with Crippen molar-refractivity contribution in [1.29, 1.82) is 0 Å². The van der Waals surface area contributed by atoms with Gasteiger partial charge in [0.05, 0.1) is 6.61 Å². The van der Waals surface area contributed by atoms with Gasteiger partial charge in [-0.25, -0.2) is 0 Å². The second kappa shape index (κ2) is 6.59. The summed E-state index contributed by atoms with van der Waals surface area (Å²) in [5.41, 5.74) is 2.84. The van der Waals surface area contributed by atoms with Gasteiger partial charge in [-0.3, -0.25) is 4.90 Å². The van der Waals surface area contributed by atoms with E-state index >= 15 is 0 Å². The van der Waals surface area contributed by atoms with Gasteiger partial charge in [0, 0.05) is 19.0 Å². The summed E-state index contributed by atoms with van der Waals surface area (Å²) < 4.78 is 5.60. The van der Waals surface area contributed by atoms with E-state index in [-0.39, 0.29) is 0 Å².